The average molecular weight is 392 g/mol. The Kier molecular flexibility index (Phi) is 5.22. The van der Waals surface area contributed by atoms with Crippen molar-refractivity contribution in [2.24, 2.45) is 0 Å². The third-order valence-electron chi connectivity index (χ3n) is 4.21. The summed E-state index contributed by atoms with van der Waals surface area (Å²) in [4.78, 5) is 26.5. The molecule has 0 saturated heterocycles. The summed E-state index contributed by atoms with van der Waals surface area (Å²) >= 11 is 0. The highest BCUT2D eigenvalue weighted by molar-refractivity contribution is 6.36. The zero-order chi connectivity index (χ0) is 20.5. The smallest absolute Gasteiger partial charge is 0.350 e. The van der Waals surface area contributed by atoms with Crippen LogP contribution in [0.1, 0.15) is 24.5 Å². The predicted octanol–water partition coefficient (Wildman–Crippen LogP) is 4.45. The maximum atomic E-state index is 13.2. The Morgan fingerprint density at radius 3 is 2.29 bits per heavy atom. The van der Waals surface area contributed by atoms with Crippen LogP contribution in [0.15, 0.2) is 54.2 Å². The molecule has 1 aliphatic heterocycles. The summed E-state index contributed by atoms with van der Waals surface area (Å²) < 4.78 is 52.1. The molecule has 0 atom stereocenters. The number of hydrogen-bond acceptors (Lipinski definition) is 3. The molecular formula is C20H16F4N2O2. The monoisotopic (exact) mass is 392 g/mol. The number of benzene rings is 2. The van der Waals surface area contributed by atoms with Crippen molar-refractivity contribution in [3.8, 4) is 0 Å². The number of nitrogens with zero attached hydrogens (tertiary/aromatic N) is 1. The Morgan fingerprint density at radius 1 is 1.00 bits per heavy atom. The summed E-state index contributed by atoms with van der Waals surface area (Å²) in [7, 11) is 0. The van der Waals surface area contributed by atoms with Crippen LogP contribution >= 0.6 is 0 Å². The molecule has 1 heterocycles. The Morgan fingerprint density at radius 2 is 1.68 bits per heavy atom. The van der Waals surface area contributed by atoms with Gasteiger partial charge in [0.25, 0.3) is 11.8 Å². The number of carbonyl (C=O) groups is 2. The SMILES string of the molecule is CCCN1C(=O)C(Nc2cccc(C(F)(F)F)c2)=C(c2ccc(F)cc2)C1=O. The van der Waals surface area contributed by atoms with Crippen molar-refractivity contribution in [3.63, 3.8) is 0 Å². The highest BCUT2D eigenvalue weighted by atomic mass is 19.4. The predicted molar refractivity (Wildman–Crippen MR) is 95.4 cm³/mol. The van der Waals surface area contributed by atoms with Crippen molar-refractivity contribution < 1.29 is 27.2 Å². The maximum Gasteiger partial charge on any atom is 0.416 e. The molecular weight excluding hydrogens is 376 g/mol. The zero-order valence-corrected chi connectivity index (χ0v) is 14.8. The summed E-state index contributed by atoms with van der Waals surface area (Å²) in [5.74, 6) is -1.73. The van der Waals surface area contributed by atoms with Gasteiger partial charge in [-0.1, -0.05) is 25.1 Å². The van der Waals surface area contributed by atoms with E-state index in [0.29, 0.717) is 12.0 Å². The normalized spacial score (nSPS) is 14.8. The number of hydrogen-bond donors (Lipinski definition) is 1. The molecule has 146 valence electrons. The Bertz CT molecular complexity index is 949. The number of anilines is 1. The molecule has 0 saturated carbocycles. The molecule has 4 nitrogen and oxygen atoms in total. The summed E-state index contributed by atoms with van der Waals surface area (Å²) in [6, 6.07) is 9.31. The molecule has 2 amide bonds. The molecule has 1 N–H and O–H groups in total. The number of halogens is 4. The lowest BCUT2D eigenvalue weighted by molar-refractivity contribution is -0.138. The molecule has 0 radical (unpaired) electrons. The molecule has 2 aromatic rings. The highest BCUT2D eigenvalue weighted by Crippen LogP contribution is 2.33. The fourth-order valence-corrected chi connectivity index (χ4v) is 2.92. The Labute approximate surface area is 158 Å². The minimum Gasteiger partial charge on any atom is -0.350 e. The van der Waals surface area contributed by atoms with Gasteiger partial charge in [-0.05, 0) is 42.3 Å². The van der Waals surface area contributed by atoms with E-state index in [1.165, 1.54) is 24.3 Å². The van der Waals surface area contributed by atoms with Crippen LogP contribution in [0.2, 0.25) is 0 Å². The largest absolute Gasteiger partial charge is 0.416 e. The van der Waals surface area contributed by atoms with Crippen LogP contribution in [0.4, 0.5) is 23.2 Å². The average Bonchev–Trinajstić information content (AvgIpc) is 2.87. The second kappa shape index (κ2) is 7.46. The molecule has 0 fully saturated rings. The van der Waals surface area contributed by atoms with Gasteiger partial charge in [0.2, 0.25) is 0 Å². The number of rotatable bonds is 5. The Hall–Kier alpha value is -3.16. The van der Waals surface area contributed by atoms with Crippen LogP contribution in [0.25, 0.3) is 5.57 Å². The van der Waals surface area contributed by atoms with Gasteiger partial charge in [0.1, 0.15) is 11.5 Å². The van der Waals surface area contributed by atoms with Gasteiger partial charge in [0, 0.05) is 12.2 Å². The number of alkyl halides is 3. The number of amides is 2. The van der Waals surface area contributed by atoms with Gasteiger partial charge in [-0.3, -0.25) is 14.5 Å². The first-order valence-electron chi connectivity index (χ1n) is 8.53. The minimum atomic E-state index is -4.55. The summed E-state index contributed by atoms with van der Waals surface area (Å²) in [5.41, 5.74) is -0.708. The number of nitrogens with one attached hydrogen (secondary N) is 1. The van der Waals surface area contributed by atoms with Gasteiger partial charge in [-0.15, -0.1) is 0 Å². The van der Waals surface area contributed by atoms with Gasteiger partial charge >= 0.3 is 6.18 Å². The lowest BCUT2D eigenvalue weighted by Gasteiger charge is -2.14. The molecule has 1 aliphatic rings. The molecule has 28 heavy (non-hydrogen) atoms. The van der Waals surface area contributed by atoms with E-state index in [0.717, 1.165) is 29.2 Å². The van der Waals surface area contributed by atoms with Crippen molar-refractivity contribution in [2.75, 3.05) is 11.9 Å². The van der Waals surface area contributed by atoms with E-state index in [4.69, 9.17) is 0 Å². The van der Waals surface area contributed by atoms with E-state index in [1.54, 1.807) is 6.92 Å². The van der Waals surface area contributed by atoms with Gasteiger partial charge in [-0.2, -0.15) is 13.2 Å². The van der Waals surface area contributed by atoms with Crippen LogP contribution in [0.5, 0.6) is 0 Å². The zero-order valence-electron chi connectivity index (χ0n) is 14.8. The molecule has 3 rings (SSSR count). The van der Waals surface area contributed by atoms with E-state index in [1.807, 2.05) is 0 Å². The number of imide groups is 1. The molecule has 0 aromatic heterocycles. The molecule has 0 spiro atoms. The second-order valence-electron chi connectivity index (χ2n) is 6.22. The molecule has 0 aliphatic carbocycles. The second-order valence-corrected chi connectivity index (χ2v) is 6.22. The van der Waals surface area contributed by atoms with Crippen molar-refractivity contribution in [2.45, 2.75) is 19.5 Å². The summed E-state index contributed by atoms with van der Waals surface area (Å²) in [6.45, 7) is 1.95. The summed E-state index contributed by atoms with van der Waals surface area (Å²) in [5, 5.41) is 2.66. The van der Waals surface area contributed by atoms with Gasteiger partial charge in [0.05, 0.1) is 11.1 Å². The topological polar surface area (TPSA) is 49.4 Å². The quantitative estimate of drug-likeness (QED) is 0.604. The van der Waals surface area contributed by atoms with Gasteiger partial charge < -0.3 is 5.32 Å². The minimum absolute atomic E-state index is 0.00383. The van der Waals surface area contributed by atoms with Crippen molar-refractivity contribution in [1.29, 1.82) is 0 Å². The fraction of sp³-hybridized carbons (Fsp3) is 0.200. The number of carbonyl (C=O) groups excluding carboxylic acids is 2. The molecule has 0 bridgehead atoms. The molecule has 8 heteroatoms. The fourth-order valence-electron chi connectivity index (χ4n) is 2.92. The van der Waals surface area contributed by atoms with Crippen LogP contribution in [0, 0.1) is 5.82 Å². The first-order chi connectivity index (χ1) is 13.2. The van der Waals surface area contributed by atoms with Crippen LogP contribution in [-0.4, -0.2) is 23.3 Å². The van der Waals surface area contributed by atoms with E-state index < -0.39 is 29.4 Å². The van der Waals surface area contributed by atoms with Crippen LogP contribution in [0.3, 0.4) is 0 Å². The standard InChI is InChI=1S/C20H16F4N2O2/c1-2-10-26-18(27)16(12-6-8-14(21)9-7-12)17(19(26)28)25-15-5-3-4-13(11-15)20(22,23)24/h3-9,11,25H,2,10H2,1H3. The first kappa shape index (κ1) is 19.6. The first-order valence-corrected chi connectivity index (χ1v) is 8.53. The van der Waals surface area contributed by atoms with Crippen molar-refractivity contribution in [1.82, 2.24) is 4.90 Å². The van der Waals surface area contributed by atoms with Gasteiger partial charge in [0.15, 0.2) is 0 Å². The lowest BCUT2D eigenvalue weighted by atomic mass is 10.0. The Balaban J connectivity index is 2.06. The lowest BCUT2D eigenvalue weighted by Crippen LogP contribution is -2.33. The van der Waals surface area contributed by atoms with Crippen LogP contribution < -0.4 is 5.32 Å². The van der Waals surface area contributed by atoms with E-state index >= 15 is 0 Å². The van der Waals surface area contributed by atoms with Crippen molar-refractivity contribution in [3.05, 3.63) is 71.2 Å². The third kappa shape index (κ3) is 3.76. The van der Waals surface area contributed by atoms with Gasteiger partial charge in [-0.25, -0.2) is 4.39 Å². The highest BCUT2D eigenvalue weighted by Gasteiger charge is 2.39. The molecule has 0 unspecified atom stereocenters. The van der Waals surface area contributed by atoms with E-state index in [2.05, 4.69) is 5.32 Å². The van der Waals surface area contributed by atoms with Crippen LogP contribution in [-0.2, 0) is 15.8 Å². The van der Waals surface area contributed by atoms with Crippen molar-refractivity contribution >= 4 is 23.1 Å². The third-order valence-corrected chi connectivity index (χ3v) is 4.21. The molecule has 2 aromatic carbocycles. The van der Waals surface area contributed by atoms with E-state index in [9.17, 15) is 27.2 Å². The summed E-state index contributed by atoms with van der Waals surface area (Å²) in [6.07, 6.45) is -4.03. The van der Waals surface area contributed by atoms with E-state index in [-0.39, 0.29) is 23.5 Å². The maximum absolute atomic E-state index is 13.2.